The molecule has 0 aromatic rings. The van der Waals surface area contributed by atoms with Gasteiger partial charge in [0.15, 0.2) is 0 Å². The highest BCUT2D eigenvalue weighted by atomic mass is 16.6. The Morgan fingerprint density at radius 3 is 2.50 bits per heavy atom. The molecule has 2 atom stereocenters. The molecule has 1 heterocycles. The summed E-state index contributed by atoms with van der Waals surface area (Å²) in [6, 6.07) is -0.924. The van der Waals surface area contributed by atoms with Crippen molar-refractivity contribution >= 4 is 18.0 Å². The molecule has 1 fully saturated rings. The molecule has 2 unspecified atom stereocenters. The summed E-state index contributed by atoms with van der Waals surface area (Å²) >= 11 is 0. The van der Waals surface area contributed by atoms with Crippen molar-refractivity contribution in [2.75, 3.05) is 7.11 Å². The number of ether oxygens (including phenoxy) is 2. The average Bonchev–Trinajstić information content (AvgIpc) is 2.64. The maximum atomic E-state index is 12.2. The fourth-order valence-electron chi connectivity index (χ4n) is 2.09. The molecule has 0 N–H and O–H groups in total. The Labute approximate surface area is 118 Å². The number of esters is 1. The Morgan fingerprint density at radius 1 is 1.45 bits per heavy atom. The Bertz CT molecular complexity index is 424. The molecule has 0 aliphatic carbocycles. The Hall–Kier alpha value is -1.85. The molecule has 1 aliphatic heterocycles. The van der Waals surface area contributed by atoms with E-state index in [1.165, 1.54) is 7.11 Å². The maximum Gasteiger partial charge on any atom is 0.417 e. The standard InChI is InChI=1S/C14H21NO5/c1-6-7-9-8-10(12(17)19-5)15(11(9)16)13(18)20-14(2,3)4/h6,9-10H,1,7-8H2,2-5H3. The van der Waals surface area contributed by atoms with Crippen LogP contribution in [0, 0.1) is 5.92 Å². The number of likely N-dealkylation sites (tertiary alicyclic amines) is 1. The van der Waals surface area contributed by atoms with Crippen LogP contribution < -0.4 is 0 Å². The number of hydrogen-bond donors (Lipinski definition) is 0. The van der Waals surface area contributed by atoms with Gasteiger partial charge in [0, 0.05) is 5.92 Å². The first-order valence-electron chi connectivity index (χ1n) is 6.46. The molecule has 6 heteroatoms. The minimum Gasteiger partial charge on any atom is -0.467 e. The maximum absolute atomic E-state index is 12.2. The molecule has 112 valence electrons. The zero-order valence-corrected chi connectivity index (χ0v) is 12.3. The molecular weight excluding hydrogens is 262 g/mol. The number of carbonyl (C=O) groups excluding carboxylic acids is 3. The minimum atomic E-state index is -0.924. The van der Waals surface area contributed by atoms with Crippen molar-refractivity contribution in [3.63, 3.8) is 0 Å². The van der Waals surface area contributed by atoms with E-state index in [-0.39, 0.29) is 6.42 Å². The molecule has 0 aromatic carbocycles. The van der Waals surface area contributed by atoms with Gasteiger partial charge < -0.3 is 9.47 Å². The van der Waals surface area contributed by atoms with Crippen molar-refractivity contribution in [1.29, 1.82) is 0 Å². The van der Waals surface area contributed by atoms with Gasteiger partial charge in [0.05, 0.1) is 7.11 Å². The van der Waals surface area contributed by atoms with Crippen LogP contribution in [0.5, 0.6) is 0 Å². The van der Waals surface area contributed by atoms with E-state index in [0.29, 0.717) is 6.42 Å². The predicted molar refractivity (Wildman–Crippen MR) is 71.8 cm³/mol. The topological polar surface area (TPSA) is 72.9 Å². The number of amides is 2. The largest absolute Gasteiger partial charge is 0.467 e. The smallest absolute Gasteiger partial charge is 0.417 e. The van der Waals surface area contributed by atoms with Crippen LogP contribution in [0.25, 0.3) is 0 Å². The quantitative estimate of drug-likeness (QED) is 0.584. The number of imide groups is 1. The summed E-state index contributed by atoms with van der Waals surface area (Å²) in [5.41, 5.74) is -0.742. The number of nitrogens with zero attached hydrogens (tertiary/aromatic N) is 1. The molecule has 0 saturated carbocycles. The molecule has 1 aliphatic rings. The van der Waals surface area contributed by atoms with Crippen molar-refractivity contribution in [2.45, 2.75) is 45.3 Å². The van der Waals surface area contributed by atoms with E-state index >= 15 is 0 Å². The van der Waals surface area contributed by atoms with E-state index in [4.69, 9.17) is 4.74 Å². The summed E-state index contributed by atoms with van der Waals surface area (Å²) < 4.78 is 9.83. The highest BCUT2D eigenvalue weighted by molar-refractivity contribution is 6.00. The lowest BCUT2D eigenvalue weighted by atomic mass is 10.0. The predicted octanol–water partition coefficient (Wildman–Crippen LogP) is 1.89. The number of carbonyl (C=O) groups is 3. The van der Waals surface area contributed by atoms with Gasteiger partial charge in [0.1, 0.15) is 11.6 Å². The lowest BCUT2D eigenvalue weighted by Gasteiger charge is -2.26. The van der Waals surface area contributed by atoms with Crippen LogP contribution in [-0.4, -0.2) is 41.6 Å². The third-order valence-corrected chi connectivity index (χ3v) is 2.92. The fourth-order valence-corrected chi connectivity index (χ4v) is 2.09. The summed E-state index contributed by atoms with van der Waals surface area (Å²) in [7, 11) is 1.22. The molecular formula is C14H21NO5. The van der Waals surface area contributed by atoms with Gasteiger partial charge in [0.25, 0.3) is 0 Å². The first-order valence-corrected chi connectivity index (χ1v) is 6.46. The normalized spacial score (nSPS) is 22.6. The highest BCUT2D eigenvalue weighted by Gasteiger charge is 2.48. The monoisotopic (exact) mass is 283 g/mol. The first kappa shape index (κ1) is 16.2. The lowest BCUT2D eigenvalue weighted by molar-refractivity contribution is -0.148. The first-order chi connectivity index (χ1) is 9.21. The summed E-state index contributed by atoms with van der Waals surface area (Å²) in [6.07, 6.45) is 1.42. The summed E-state index contributed by atoms with van der Waals surface area (Å²) in [6.45, 7) is 8.66. The summed E-state index contributed by atoms with van der Waals surface area (Å²) in [4.78, 5) is 36.9. The third-order valence-electron chi connectivity index (χ3n) is 2.92. The fraction of sp³-hybridized carbons (Fsp3) is 0.643. The number of hydrogen-bond acceptors (Lipinski definition) is 5. The van der Waals surface area contributed by atoms with Crippen LogP contribution in [0.15, 0.2) is 12.7 Å². The number of rotatable bonds is 3. The van der Waals surface area contributed by atoms with E-state index < -0.39 is 35.5 Å². The molecule has 0 aromatic heterocycles. The second-order valence-corrected chi connectivity index (χ2v) is 5.68. The van der Waals surface area contributed by atoms with Crippen LogP contribution in [0.4, 0.5) is 4.79 Å². The molecule has 1 rings (SSSR count). The average molecular weight is 283 g/mol. The highest BCUT2D eigenvalue weighted by Crippen LogP contribution is 2.29. The van der Waals surface area contributed by atoms with Gasteiger partial charge in [-0.25, -0.2) is 14.5 Å². The molecule has 6 nitrogen and oxygen atoms in total. The van der Waals surface area contributed by atoms with E-state index in [1.807, 2.05) is 0 Å². The Kier molecular flexibility index (Phi) is 4.92. The van der Waals surface area contributed by atoms with Crippen molar-refractivity contribution in [2.24, 2.45) is 5.92 Å². The zero-order valence-electron chi connectivity index (χ0n) is 12.3. The van der Waals surface area contributed by atoms with E-state index in [9.17, 15) is 14.4 Å². The summed E-state index contributed by atoms with van der Waals surface area (Å²) in [5, 5.41) is 0. The lowest BCUT2D eigenvalue weighted by Crippen LogP contribution is -2.46. The van der Waals surface area contributed by atoms with Crippen molar-refractivity contribution in [3.05, 3.63) is 12.7 Å². The van der Waals surface area contributed by atoms with Gasteiger partial charge in [-0.2, -0.15) is 0 Å². The van der Waals surface area contributed by atoms with Crippen LogP contribution in [-0.2, 0) is 19.1 Å². The van der Waals surface area contributed by atoms with Crippen LogP contribution in [0.3, 0.4) is 0 Å². The minimum absolute atomic E-state index is 0.233. The molecule has 2 amide bonds. The van der Waals surface area contributed by atoms with Gasteiger partial charge in [0.2, 0.25) is 5.91 Å². The van der Waals surface area contributed by atoms with Crippen LogP contribution >= 0.6 is 0 Å². The SMILES string of the molecule is C=CCC1CC(C(=O)OC)N(C(=O)OC(C)(C)C)C1=O. The molecule has 20 heavy (non-hydrogen) atoms. The Morgan fingerprint density at radius 2 is 2.05 bits per heavy atom. The number of methoxy groups -OCH3 is 1. The van der Waals surface area contributed by atoms with Gasteiger partial charge in [-0.15, -0.1) is 6.58 Å². The second kappa shape index (κ2) is 6.07. The van der Waals surface area contributed by atoms with Crippen molar-refractivity contribution in [3.8, 4) is 0 Å². The molecule has 1 saturated heterocycles. The van der Waals surface area contributed by atoms with Gasteiger partial charge in [-0.1, -0.05) is 6.08 Å². The molecule has 0 bridgehead atoms. The summed E-state index contributed by atoms with van der Waals surface area (Å²) in [5.74, 6) is -1.48. The van der Waals surface area contributed by atoms with E-state index in [2.05, 4.69) is 11.3 Å². The van der Waals surface area contributed by atoms with E-state index in [0.717, 1.165) is 4.90 Å². The van der Waals surface area contributed by atoms with E-state index in [1.54, 1.807) is 26.8 Å². The van der Waals surface area contributed by atoms with Gasteiger partial charge >= 0.3 is 12.1 Å². The number of allylic oxidation sites excluding steroid dienone is 1. The van der Waals surface area contributed by atoms with Crippen LogP contribution in [0.1, 0.15) is 33.6 Å². The Balaban J connectivity index is 2.98. The molecule has 0 spiro atoms. The third kappa shape index (κ3) is 3.59. The van der Waals surface area contributed by atoms with Gasteiger partial charge in [-0.05, 0) is 33.6 Å². The van der Waals surface area contributed by atoms with Crippen molar-refractivity contribution < 1.29 is 23.9 Å². The van der Waals surface area contributed by atoms with Gasteiger partial charge in [-0.3, -0.25) is 4.79 Å². The van der Waals surface area contributed by atoms with Crippen molar-refractivity contribution in [1.82, 2.24) is 4.90 Å². The molecule has 0 radical (unpaired) electrons. The van der Waals surface area contributed by atoms with Crippen LogP contribution in [0.2, 0.25) is 0 Å². The zero-order chi connectivity index (χ0) is 15.5. The second-order valence-electron chi connectivity index (χ2n) is 5.68.